The number of amides is 1. The van der Waals surface area contributed by atoms with Crippen molar-refractivity contribution in [3.8, 4) is 0 Å². The van der Waals surface area contributed by atoms with E-state index in [0.717, 1.165) is 11.1 Å². The predicted molar refractivity (Wildman–Crippen MR) is 85.0 cm³/mol. The Balaban J connectivity index is 2.04. The number of aromatic nitrogens is 2. The van der Waals surface area contributed by atoms with Crippen LogP contribution in [-0.4, -0.2) is 21.1 Å². The zero-order chi connectivity index (χ0) is 15.4. The summed E-state index contributed by atoms with van der Waals surface area (Å²) >= 11 is 4.90. The molecule has 6 heteroatoms. The molecule has 0 fully saturated rings. The van der Waals surface area contributed by atoms with Crippen LogP contribution in [0.25, 0.3) is 0 Å². The summed E-state index contributed by atoms with van der Waals surface area (Å²) in [5, 5.41) is 10.7. The van der Waals surface area contributed by atoms with E-state index in [1.54, 1.807) is 19.9 Å². The molecule has 0 saturated heterocycles. The molecule has 108 valence electrons. The molecule has 0 radical (unpaired) electrons. The molecular formula is C15H16N4OS. The summed E-state index contributed by atoms with van der Waals surface area (Å²) in [6, 6.07) is 9.18. The first-order valence-corrected chi connectivity index (χ1v) is 6.86. The number of hydrogen-bond donors (Lipinski definition) is 2. The van der Waals surface area contributed by atoms with Crippen LogP contribution in [-0.2, 0) is 6.54 Å². The van der Waals surface area contributed by atoms with Gasteiger partial charge in [0.1, 0.15) is 4.99 Å². The van der Waals surface area contributed by atoms with Gasteiger partial charge in [-0.15, -0.1) is 0 Å². The molecule has 5 nitrogen and oxygen atoms in total. The first kappa shape index (κ1) is 15.1. The van der Waals surface area contributed by atoms with E-state index in [4.69, 9.17) is 18.0 Å². The number of carbonyl (C=O) groups is 1. The van der Waals surface area contributed by atoms with Gasteiger partial charge in [0, 0.05) is 12.1 Å². The Morgan fingerprint density at radius 3 is 2.52 bits per heavy atom. The standard InChI is InChI=1S/C15H16N4OS/c1-9-7-13(10(2)19-18-9)15(20)17-8-11-3-5-12(6-4-11)14(16)21/h3-7H,8H2,1-2H3,(H2,16,21)(H,17,20). The second kappa shape index (κ2) is 6.41. The van der Waals surface area contributed by atoms with E-state index >= 15 is 0 Å². The molecule has 0 aliphatic heterocycles. The summed E-state index contributed by atoms with van der Waals surface area (Å²) < 4.78 is 0. The molecule has 21 heavy (non-hydrogen) atoms. The van der Waals surface area contributed by atoms with E-state index in [2.05, 4.69) is 15.5 Å². The maximum absolute atomic E-state index is 12.1. The van der Waals surface area contributed by atoms with Gasteiger partial charge in [-0.25, -0.2) is 0 Å². The Morgan fingerprint density at radius 2 is 1.90 bits per heavy atom. The zero-order valence-corrected chi connectivity index (χ0v) is 12.7. The summed E-state index contributed by atoms with van der Waals surface area (Å²) in [4.78, 5) is 12.5. The average Bonchev–Trinajstić information content (AvgIpc) is 2.47. The Bertz CT molecular complexity index is 683. The van der Waals surface area contributed by atoms with Crippen molar-refractivity contribution in [2.45, 2.75) is 20.4 Å². The van der Waals surface area contributed by atoms with Crippen LogP contribution in [0.3, 0.4) is 0 Å². The lowest BCUT2D eigenvalue weighted by molar-refractivity contribution is 0.0949. The highest BCUT2D eigenvalue weighted by Gasteiger charge is 2.10. The van der Waals surface area contributed by atoms with E-state index in [1.807, 2.05) is 24.3 Å². The molecule has 0 saturated carbocycles. The van der Waals surface area contributed by atoms with Crippen molar-refractivity contribution in [2.24, 2.45) is 5.73 Å². The first-order chi connectivity index (χ1) is 9.97. The van der Waals surface area contributed by atoms with Crippen molar-refractivity contribution < 1.29 is 4.79 Å². The van der Waals surface area contributed by atoms with Crippen LogP contribution in [0.5, 0.6) is 0 Å². The normalized spacial score (nSPS) is 10.2. The van der Waals surface area contributed by atoms with Crippen molar-refractivity contribution in [1.29, 1.82) is 0 Å². The highest BCUT2D eigenvalue weighted by Crippen LogP contribution is 2.07. The summed E-state index contributed by atoms with van der Waals surface area (Å²) in [6.07, 6.45) is 0. The number of thiocarbonyl (C=S) groups is 1. The van der Waals surface area contributed by atoms with Crippen molar-refractivity contribution >= 4 is 23.1 Å². The van der Waals surface area contributed by atoms with E-state index in [0.29, 0.717) is 28.5 Å². The van der Waals surface area contributed by atoms with Gasteiger partial charge in [-0.3, -0.25) is 4.79 Å². The number of nitrogens with one attached hydrogen (secondary N) is 1. The molecule has 2 rings (SSSR count). The van der Waals surface area contributed by atoms with Crippen LogP contribution in [0.15, 0.2) is 30.3 Å². The van der Waals surface area contributed by atoms with Crippen LogP contribution in [0.4, 0.5) is 0 Å². The molecule has 0 unspecified atom stereocenters. The molecule has 1 heterocycles. The molecule has 1 amide bonds. The average molecular weight is 300 g/mol. The third-order valence-electron chi connectivity index (χ3n) is 3.04. The number of benzene rings is 1. The number of hydrogen-bond acceptors (Lipinski definition) is 4. The van der Waals surface area contributed by atoms with Crippen LogP contribution in [0.2, 0.25) is 0 Å². The van der Waals surface area contributed by atoms with Gasteiger partial charge in [0.05, 0.1) is 17.0 Å². The summed E-state index contributed by atoms with van der Waals surface area (Å²) in [5.74, 6) is -0.163. The van der Waals surface area contributed by atoms with E-state index in [-0.39, 0.29) is 5.91 Å². The molecular weight excluding hydrogens is 284 g/mol. The van der Waals surface area contributed by atoms with Crippen molar-refractivity contribution in [3.05, 3.63) is 58.4 Å². The van der Waals surface area contributed by atoms with E-state index in [9.17, 15) is 4.79 Å². The minimum atomic E-state index is -0.163. The third-order valence-corrected chi connectivity index (χ3v) is 3.27. The maximum Gasteiger partial charge on any atom is 0.253 e. The number of aryl methyl sites for hydroxylation is 2. The molecule has 1 aromatic carbocycles. The molecule has 0 atom stereocenters. The Hall–Kier alpha value is -2.34. The smallest absolute Gasteiger partial charge is 0.253 e. The summed E-state index contributed by atoms with van der Waals surface area (Å²) in [6.45, 7) is 3.99. The Labute approximate surface area is 128 Å². The van der Waals surface area contributed by atoms with Crippen LogP contribution >= 0.6 is 12.2 Å². The zero-order valence-electron chi connectivity index (χ0n) is 11.9. The fourth-order valence-corrected chi connectivity index (χ4v) is 1.98. The molecule has 0 aliphatic rings. The van der Waals surface area contributed by atoms with Crippen molar-refractivity contribution in [2.75, 3.05) is 0 Å². The summed E-state index contributed by atoms with van der Waals surface area (Å²) in [7, 11) is 0. The topological polar surface area (TPSA) is 80.9 Å². The maximum atomic E-state index is 12.1. The highest BCUT2D eigenvalue weighted by atomic mass is 32.1. The molecule has 3 N–H and O–H groups in total. The van der Waals surface area contributed by atoms with Gasteiger partial charge in [-0.1, -0.05) is 36.5 Å². The van der Waals surface area contributed by atoms with Gasteiger partial charge >= 0.3 is 0 Å². The van der Waals surface area contributed by atoms with Crippen LogP contribution in [0.1, 0.15) is 32.9 Å². The molecule has 0 aliphatic carbocycles. The molecule has 1 aromatic heterocycles. The summed E-state index contributed by atoms with van der Waals surface area (Å²) in [5.41, 5.74) is 9.19. The predicted octanol–water partition coefficient (Wildman–Crippen LogP) is 1.66. The second-order valence-corrected chi connectivity index (χ2v) is 5.17. The minimum Gasteiger partial charge on any atom is -0.389 e. The monoisotopic (exact) mass is 300 g/mol. The lowest BCUT2D eigenvalue weighted by Gasteiger charge is -2.08. The van der Waals surface area contributed by atoms with E-state index < -0.39 is 0 Å². The number of nitrogens with zero attached hydrogens (tertiary/aromatic N) is 2. The van der Waals surface area contributed by atoms with Gasteiger partial charge in [0.2, 0.25) is 0 Å². The van der Waals surface area contributed by atoms with Gasteiger partial charge in [-0.05, 0) is 25.5 Å². The van der Waals surface area contributed by atoms with Crippen LogP contribution in [0, 0.1) is 13.8 Å². The second-order valence-electron chi connectivity index (χ2n) is 4.73. The quantitative estimate of drug-likeness (QED) is 0.839. The molecule has 2 aromatic rings. The minimum absolute atomic E-state index is 0.163. The van der Waals surface area contributed by atoms with Crippen molar-refractivity contribution in [3.63, 3.8) is 0 Å². The highest BCUT2D eigenvalue weighted by molar-refractivity contribution is 7.80. The van der Waals surface area contributed by atoms with Gasteiger partial charge < -0.3 is 11.1 Å². The first-order valence-electron chi connectivity index (χ1n) is 6.45. The Morgan fingerprint density at radius 1 is 1.24 bits per heavy atom. The van der Waals surface area contributed by atoms with E-state index in [1.165, 1.54) is 0 Å². The van der Waals surface area contributed by atoms with Gasteiger partial charge in [0.25, 0.3) is 5.91 Å². The Kier molecular flexibility index (Phi) is 4.59. The SMILES string of the molecule is Cc1cc(C(=O)NCc2ccc(C(N)=S)cc2)c(C)nn1. The lowest BCUT2D eigenvalue weighted by atomic mass is 10.1. The largest absolute Gasteiger partial charge is 0.389 e. The van der Waals surface area contributed by atoms with Crippen molar-refractivity contribution in [1.82, 2.24) is 15.5 Å². The fourth-order valence-electron chi connectivity index (χ4n) is 1.84. The number of nitrogens with two attached hydrogens (primary N) is 1. The fraction of sp³-hybridized carbons (Fsp3) is 0.200. The van der Waals surface area contributed by atoms with Gasteiger partial charge in [-0.2, -0.15) is 10.2 Å². The third kappa shape index (κ3) is 3.82. The molecule has 0 spiro atoms. The van der Waals surface area contributed by atoms with Crippen LogP contribution < -0.4 is 11.1 Å². The number of carbonyl (C=O) groups excluding carboxylic acids is 1. The van der Waals surface area contributed by atoms with Gasteiger partial charge in [0.15, 0.2) is 0 Å². The molecule has 0 bridgehead atoms. The lowest BCUT2D eigenvalue weighted by Crippen LogP contribution is -2.24. The number of rotatable bonds is 4.